The van der Waals surface area contributed by atoms with Crippen molar-refractivity contribution in [3.05, 3.63) is 79.1 Å². The van der Waals surface area contributed by atoms with E-state index < -0.39 is 0 Å². The molecule has 0 aliphatic rings. The third-order valence-corrected chi connectivity index (χ3v) is 4.35. The highest BCUT2D eigenvalue weighted by Gasteiger charge is 2.11. The maximum absolute atomic E-state index is 5.82. The van der Waals surface area contributed by atoms with E-state index in [1.54, 1.807) is 0 Å². The summed E-state index contributed by atoms with van der Waals surface area (Å²) in [6.07, 6.45) is 3.71. The number of hydrogen-bond acceptors (Lipinski definition) is 4. The van der Waals surface area contributed by atoms with Crippen LogP contribution in [0.25, 0.3) is 45.1 Å². The second kappa shape index (κ2) is 5.97. The van der Waals surface area contributed by atoms with Gasteiger partial charge in [-0.15, -0.1) is 10.2 Å². The van der Waals surface area contributed by atoms with Gasteiger partial charge in [0.1, 0.15) is 5.65 Å². The maximum Gasteiger partial charge on any atom is 0.248 e. The molecule has 26 heavy (non-hydrogen) atoms. The van der Waals surface area contributed by atoms with Gasteiger partial charge < -0.3 is 9.40 Å². The molecule has 1 N–H and O–H groups in total. The number of benzene rings is 2. The van der Waals surface area contributed by atoms with Gasteiger partial charge in [-0.25, -0.2) is 4.98 Å². The van der Waals surface area contributed by atoms with Crippen LogP contribution in [0.5, 0.6) is 0 Å². The molecule has 0 fully saturated rings. The molecule has 5 nitrogen and oxygen atoms in total. The lowest BCUT2D eigenvalue weighted by atomic mass is 10.0. The Bertz CT molecular complexity index is 1170. The SMILES string of the molecule is c1ccc(-c2nnc(-c3ccc(-c4ccnc5[nH]ccc45)cc3)o2)cc1. The first-order chi connectivity index (χ1) is 12.9. The van der Waals surface area contributed by atoms with Crippen molar-refractivity contribution in [3.63, 3.8) is 0 Å². The molecular formula is C21H14N4O. The summed E-state index contributed by atoms with van der Waals surface area (Å²) in [6.45, 7) is 0. The van der Waals surface area contributed by atoms with Crippen molar-refractivity contribution in [1.29, 1.82) is 0 Å². The van der Waals surface area contributed by atoms with Crippen molar-refractivity contribution in [2.45, 2.75) is 0 Å². The minimum Gasteiger partial charge on any atom is -0.416 e. The third kappa shape index (κ3) is 2.46. The molecule has 0 bridgehead atoms. The highest BCUT2D eigenvalue weighted by Crippen LogP contribution is 2.29. The molecule has 0 spiro atoms. The smallest absolute Gasteiger partial charge is 0.248 e. The lowest BCUT2D eigenvalue weighted by molar-refractivity contribution is 0.584. The van der Waals surface area contributed by atoms with E-state index in [4.69, 9.17) is 4.42 Å². The zero-order chi connectivity index (χ0) is 17.3. The van der Waals surface area contributed by atoms with Gasteiger partial charge in [0, 0.05) is 28.9 Å². The maximum atomic E-state index is 5.82. The Labute approximate surface area is 149 Å². The van der Waals surface area contributed by atoms with Crippen molar-refractivity contribution >= 4 is 11.0 Å². The number of nitrogens with one attached hydrogen (secondary N) is 1. The number of hydrogen-bond donors (Lipinski definition) is 1. The number of pyridine rings is 1. The molecule has 0 saturated carbocycles. The van der Waals surface area contributed by atoms with E-state index in [0.717, 1.165) is 33.3 Å². The first kappa shape index (κ1) is 14.6. The standard InChI is InChI=1S/C21H14N4O/c1-2-4-15(5-3-1)20-24-25-21(26-20)16-8-6-14(7-9-16)17-10-12-22-19-18(17)11-13-23-19/h1-13H,(H,22,23). The molecule has 0 radical (unpaired) electrons. The highest BCUT2D eigenvalue weighted by molar-refractivity contribution is 5.93. The van der Waals surface area contributed by atoms with E-state index in [2.05, 4.69) is 32.3 Å². The molecule has 3 aromatic heterocycles. The van der Waals surface area contributed by atoms with Gasteiger partial charge in [-0.3, -0.25) is 0 Å². The van der Waals surface area contributed by atoms with Crippen molar-refractivity contribution in [3.8, 4) is 34.0 Å². The number of rotatable bonds is 3. The summed E-state index contributed by atoms with van der Waals surface area (Å²) in [5, 5.41) is 9.42. The van der Waals surface area contributed by atoms with Crippen molar-refractivity contribution in [1.82, 2.24) is 20.2 Å². The van der Waals surface area contributed by atoms with Gasteiger partial charge in [-0.05, 0) is 47.5 Å². The quantitative estimate of drug-likeness (QED) is 0.505. The van der Waals surface area contributed by atoms with Crippen LogP contribution in [0.3, 0.4) is 0 Å². The molecule has 5 heteroatoms. The monoisotopic (exact) mass is 338 g/mol. The topological polar surface area (TPSA) is 67.6 Å². The Hall–Kier alpha value is -3.73. The molecule has 5 aromatic rings. The number of aromatic amines is 1. The van der Waals surface area contributed by atoms with E-state index in [9.17, 15) is 0 Å². The fraction of sp³-hybridized carbons (Fsp3) is 0. The van der Waals surface area contributed by atoms with Crippen LogP contribution in [0.2, 0.25) is 0 Å². The van der Waals surface area contributed by atoms with Gasteiger partial charge in [0.05, 0.1) is 0 Å². The van der Waals surface area contributed by atoms with Crippen LogP contribution in [0.1, 0.15) is 0 Å². The zero-order valence-electron chi connectivity index (χ0n) is 13.8. The summed E-state index contributed by atoms with van der Waals surface area (Å²) in [5.41, 5.74) is 4.94. The van der Waals surface area contributed by atoms with Crippen LogP contribution >= 0.6 is 0 Å². The average molecular weight is 338 g/mol. The number of aromatic nitrogens is 4. The van der Waals surface area contributed by atoms with Crippen molar-refractivity contribution < 1.29 is 4.42 Å². The van der Waals surface area contributed by atoms with Crippen LogP contribution in [0.4, 0.5) is 0 Å². The second-order valence-electron chi connectivity index (χ2n) is 5.95. The van der Waals surface area contributed by atoms with Crippen LogP contribution in [0.15, 0.2) is 83.5 Å². The summed E-state index contributed by atoms with van der Waals surface area (Å²) >= 11 is 0. The Kier molecular flexibility index (Phi) is 3.35. The first-order valence-electron chi connectivity index (χ1n) is 8.30. The van der Waals surface area contributed by atoms with Gasteiger partial charge in [-0.2, -0.15) is 0 Å². The molecule has 2 aromatic carbocycles. The van der Waals surface area contributed by atoms with E-state index in [1.165, 1.54) is 0 Å². The Morgan fingerprint density at radius 1 is 0.692 bits per heavy atom. The molecule has 0 aliphatic heterocycles. The van der Waals surface area contributed by atoms with E-state index in [1.807, 2.05) is 67.0 Å². The predicted molar refractivity (Wildman–Crippen MR) is 100 cm³/mol. The van der Waals surface area contributed by atoms with Crippen LogP contribution < -0.4 is 0 Å². The van der Waals surface area contributed by atoms with Crippen LogP contribution in [0, 0.1) is 0 Å². The lowest BCUT2D eigenvalue weighted by Crippen LogP contribution is -1.83. The molecule has 0 saturated heterocycles. The zero-order valence-corrected chi connectivity index (χ0v) is 13.8. The van der Waals surface area contributed by atoms with Gasteiger partial charge in [0.2, 0.25) is 11.8 Å². The molecule has 3 heterocycles. The van der Waals surface area contributed by atoms with Crippen LogP contribution in [-0.4, -0.2) is 20.2 Å². The van der Waals surface area contributed by atoms with E-state index in [0.29, 0.717) is 11.8 Å². The summed E-state index contributed by atoms with van der Waals surface area (Å²) in [7, 11) is 0. The lowest BCUT2D eigenvalue weighted by Gasteiger charge is -2.04. The molecule has 0 atom stereocenters. The molecule has 0 aliphatic carbocycles. The molecule has 5 rings (SSSR count). The van der Waals surface area contributed by atoms with Gasteiger partial charge in [0.15, 0.2) is 0 Å². The molecule has 124 valence electrons. The number of H-pyrrole nitrogens is 1. The molecule has 0 amide bonds. The summed E-state index contributed by atoms with van der Waals surface area (Å²) < 4.78 is 5.82. The minimum atomic E-state index is 0.511. The normalized spacial score (nSPS) is 11.1. The van der Waals surface area contributed by atoms with Gasteiger partial charge in [-0.1, -0.05) is 30.3 Å². The Balaban J connectivity index is 1.49. The number of nitrogens with zero attached hydrogens (tertiary/aromatic N) is 3. The fourth-order valence-electron chi connectivity index (χ4n) is 3.04. The summed E-state index contributed by atoms with van der Waals surface area (Å²) in [6, 6.07) is 21.9. The second-order valence-corrected chi connectivity index (χ2v) is 5.95. The summed E-state index contributed by atoms with van der Waals surface area (Å²) in [4.78, 5) is 7.48. The fourth-order valence-corrected chi connectivity index (χ4v) is 3.04. The highest BCUT2D eigenvalue weighted by atomic mass is 16.4. The van der Waals surface area contributed by atoms with Crippen molar-refractivity contribution in [2.24, 2.45) is 0 Å². The first-order valence-corrected chi connectivity index (χ1v) is 8.30. The van der Waals surface area contributed by atoms with E-state index in [-0.39, 0.29) is 0 Å². The predicted octanol–water partition coefficient (Wildman–Crippen LogP) is 4.95. The van der Waals surface area contributed by atoms with Crippen molar-refractivity contribution in [2.75, 3.05) is 0 Å². The van der Waals surface area contributed by atoms with E-state index >= 15 is 0 Å². The minimum absolute atomic E-state index is 0.511. The third-order valence-electron chi connectivity index (χ3n) is 4.35. The average Bonchev–Trinajstić information content (AvgIpc) is 3.38. The summed E-state index contributed by atoms with van der Waals surface area (Å²) in [5.74, 6) is 1.03. The van der Waals surface area contributed by atoms with Gasteiger partial charge >= 0.3 is 0 Å². The molecular weight excluding hydrogens is 324 g/mol. The Morgan fingerprint density at radius 3 is 2.15 bits per heavy atom. The molecule has 0 unspecified atom stereocenters. The Morgan fingerprint density at radius 2 is 1.38 bits per heavy atom. The van der Waals surface area contributed by atoms with Gasteiger partial charge in [0.25, 0.3) is 0 Å². The number of fused-ring (bicyclic) bond motifs is 1. The van der Waals surface area contributed by atoms with Crippen LogP contribution in [-0.2, 0) is 0 Å². The largest absolute Gasteiger partial charge is 0.416 e.